The molecule has 0 saturated carbocycles. The minimum atomic E-state index is 0.467. The first-order chi connectivity index (χ1) is 8.47. The molecule has 0 aromatic heterocycles. The standard InChI is InChI=1S/C14H22N2S2/c1-10-5-6-12(14(15)17)13(9-10)16(3)11(2)7-8-18-4/h5-6,9,11H,7-8H2,1-4H3,(H2,15,17). The minimum absolute atomic E-state index is 0.467. The fourth-order valence-electron chi connectivity index (χ4n) is 1.86. The number of hydrogen-bond acceptors (Lipinski definition) is 3. The first-order valence-electron chi connectivity index (χ1n) is 6.09. The van der Waals surface area contributed by atoms with Gasteiger partial charge in [0, 0.05) is 24.3 Å². The number of nitrogens with two attached hydrogens (primary N) is 1. The van der Waals surface area contributed by atoms with Crippen LogP contribution in [0.3, 0.4) is 0 Å². The van der Waals surface area contributed by atoms with Crippen molar-refractivity contribution in [3.8, 4) is 0 Å². The maximum atomic E-state index is 5.80. The minimum Gasteiger partial charge on any atom is -0.389 e. The summed E-state index contributed by atoms with van der Waals surface area (Å²) in [5, 5.41) is 0. The molecule has 2 nitrogen and oxygen atoms in total. The van der Waals surface area contributed by atoms with E-state index in [1.165, 1.54) is 11.3 Å². The first kappa shape index (κ1) is 15.3. The van der Waals surface area contributed by atoms with E-state index in [0.29, 0.717) is 11.0 Å². The summed E-state index contributed by atoms with van der Waals surface area (Å²) in [4.78, 5) is 2.74. The molecular weight excluding hydrogens is 260 g/mol. The molecule has 4 heteroatoms. The highest BCUT2D eigenvalue weighted by Crippen LogP contribution is 2.24. The van der Waals surface area contributed by atoms with E-state index < -0.39 is 0 Å². The maximum absolute atomic E-state index is 5.80. The monoisotopic (exact) mass is 282 g/mol. The number of nitrogens with zero attached hydrogens (tertiary/aromatic N) is 1. The van der Waals surface area contributed by atoms with Gasteiger partial charge < -0.3 is 10.6 Å². The van der Waals surface area contributed by atoms with Crippen LogP contribution in [-0.4, -0.2) is 30.1 Å². The molecule has 0 radical (unpaired) electrons. The fourth-order valence-corrected chi connectivity index (χ4v) is 2.61. The Kier molecular flexibility index (Phi) is 5.96. The third-order valence-electron chi connectivity index (χ3n) is 3.20. The van der Waals surface area contributed by atoms with Crippen molar-refractivity contribution in [2.24, 2.45) is 5.73 Å². The third-order valence-corrected chi connectivity index (χ3v) is 4.06. The lowest BCUT2D eigenvalue weighted by atomic mass is 10.1. The van der Waals surface area contributed by atoms with E-state index in [9.17, 15) is 0 Å². The van der Waals surface area contributed by atoms with Gasteiger partial charge in [0.15, 0.2) is 0 Å². The van der Waals surface area contributed by atoms with Crippen molar-refractivity contribution < 1.29 is 0 Å². The lowest BCUT2D eigenvalue weighted by Gasteiger charge is -2.29. The lowest BCUT2D eigenvalue weighted by molar-refractivity contribution is 0.669. The molecule has 1 atom stereocenters. The van der Waals surface area contributed by atoms with E-state index in [-0.39, 0.29) is 0 Å². The van der Waals surface area contributed by atoms with E-state index >= 15 is 0 Å². The third kappa shape index (κ3) is 3.89. The van der Waals surface area contributed by atoms with E-state index in [1.807, 2.05) is 17.8 Å². The Morgan fingerprint density at radius 2 is 2.17 bits per heavy atom. The summed E-state index contributed by atoms with van der Waals surface area (Å²) < 4.78 is 0. The molecule has 0 aliphatic heterocycles. The summed E-state index contributed by atoms with van der Waals surface area (Å²) >= 11 is 7.01. The Morgan fingerprint density at radius 1 is 1.50 bits per heavy atom. The molecule has 0 spiro atoms. The van der Waals surface area contributed by atoms with E-state index in [0.717, 1.165) is 17.7 Å². The van der Waals surface area contributed by atoms with Gasteiger partial charge in [0.1, 0.15) is 4.99 Å². The van der Waals surface area contributed by atoms with Crippen molar-refractivity contribution in [3.63, 3.8) is 0 Å². The average Bonchev–Trinajstić information content (AvgIpc) is 2.34. The van der Waals surface area contributed by atoms with Crippen molar-refractivity contribution in [1.29, 1.82) is 0 Å². The number of aryl methyl sites for hydroxylation is 1. The van der Waals surface area contributed by atoms with Crippen LogP contribution in [0.2, 0.25) is 0 Å². The van der Waals surface area contributed by atoms with Crippen LogP contribution in [-0.2, 0) is 0 Å². The number of thioether (sulfide) groups is 1. The predicted octanol–water partition coefficient (Wildman–Crippen LogP) is 3.21. The van der Waals surface area contributed by atoms with Crippen molar-refractivity contribution in [2.75, 3.05) is 24.0 Å². The van der Waals surface area contributed by atoms with Crippen LogP contribution < -0.4 is 10.6 Å². The zero-order valence-corrected chi connectivity index (χ0v) is 13.2. The summed E-state index contributed by atoms with van der Waals surface area (Å²) in [6, 6.07) is 6.71. The van der Waals surface area contributed by atoms with Crippen molar-refractivity contribution in [2.45, 2.75) is 26.3 Å². The Morgan fingerprint density at radius 3 is 2.72 bits per heavy atom. The van der Waals surface area contributed by atoms with Crippen LogP contribution in [0.15, 0.2) is 18.2 Å². The summed E-state index contributed by atoms with van der Waals surface area (Å²) in [7, 11) is 2.11. The predicted molar refractivity (Wildman–Crippen MR) is 87.9 cm³/mol. The maximum Gasteiger partial charge on any atom is 0.106 e. The highest BCUT2D eigenvalue weighted by molar-refractivity contribution is 7.98. The van der Waals surface area contributed by atoms with Gasteiger partial charge in [0.05, 0.1) is 0 Å². The quantitative estimate of drug-likeness (QED) is 0.811. The fraction of sp³-hybridized carbons (Fsp3) is 0.500. The smallest absolute Gasteiger partial charge is 0.106 e. The van der Waals surface area contributed by atoms with Crippen LogP contribution in [0.25, 0.3) is 0 Å². The van der Waals surface area contributed by atoms with Crippen LogP contribution >= 0.6 is 24.0 Å². The lowest BCUT2D eigenvalue weighted by Crippen LogP contribution is -2.31. The number of rotatable bonds is 6. The van der Waals surface area contributed by atoms with Crippen LogP contribution in [0, 0.1) is 6.92 Å². The van der Waals surface area contributed by atoms with Crippen LogP contribution in [0.4, 0.5) is 5.69 Å². The van der Waals surface area contributed by atoms with Crippen LogP contribution in [0.1, 0.15) is 24.5 Å². The first-order valence-corrected chi connectivity index (χ1v) is 7.89. The second-order valence-corrected chi connectivity index (χ2v) is 6.05. The van der Waals surface area contributed by atoms with E-state index in [4.69, 9.17) is 18.0 Å². The number of thiocarbonyl (C=S) groups is 1. The SMILES string of the molecule is CSCCC(C)N(C)c1cc(C)ccc1C(N)=S. The van der Waals surface area contributed by atoms with Crippen molar-refractivity contribution >= 4 is 34.7 Å². The zero-order valence-electron chi connectivity index (χ0n) is 11.6. The van der Waals surface area contributed by atoms with E-state index in [1.54, 1.807) is 0 Å². The van der Waals surface area contributed by atoms with Gasteiger partial charge in [-0.2, -0.15) is 11.8 Å². The highest BCUT2D eigenvalue weighted by Gasteiger charge is 2.14. The van der Waals surface area contributed by atoms with Gasteiger partial charge in [-0.15, -0.1) is 0 Å². The summed E-state index contributed by atoms with van der Waals surface area (Å²) in [5.41, 5.74) is 9.14. The molecule has 0 amide bonds. The molecule has 0 aliphatic rings. The summed E-state index contributed by atoms with van der Waals surface area (Å²) in [6.45, 7) is 4.33. The average molecular weight is 282 g/mol. The van der Waals surface area contributed by atoms with Crippen molar-refractivity contribution in [1.82, 2.24) is 0 Å². The van der Waals surface area contributed by atoms with Crippen LogP contribution in [0.5, 0.6) is 0 Å². The zero-order chi connectivity index (χ0) is 13.7. The van der Waals surface area contributed by atoms with Gasteiger partial charge in [-0.3, -0.25) is 0 Å². The highest BCUT2D eigenvalue weighted by atomic mass is 32.2. The Balaban J connectivity index is 2.99. The molecule has 0 saturated heterocycles. The molecule has 0 heterocycles. The molecule has 0 fully saturated rings. The molecule has 1 unspecified atom stereocenters. The molecule has 100 valence electrons. The molecule has 1 rings (SSSR count). The van der Waals surface area contributed by atoms with Gasteiger partial charge in [-0.1, -0.05) is 18.3 Å². The molecule has 1 aromatic rings. The Bertz CT molecular complexity index is 418. The molecule has 1 aromatic carbocycles. The summed E-state index contributed by atoms with van der Waals surface area (Å²) in [6.07, 6.45) is 3.29. The van der Waals surface area contributed by atoms with Gasteiger partial charge in [0.2, 0.25) is 0 Å². The second-order valence-electron chi connectivity index (χ2n) is 4.63. The second kappa shape index (κ2) is 7.00. The summed E-state index contributed by atoms with van der Waals surface area (Å²) in [5.74, 6) is 1.17. The van der Waals surface area contributed by atoms with Gasteiger partial charge in [-0.25, -0.2) is 0 Å². The van der Waals surface area contributed by atoms with E-state index in [2.05, 4.69) is 44.2 Å². The number of anilines is 1. The Hall–Kier alpha value is -0.740. The molecule has 2 N–H and O–H groups in total. The van der Waals surface area contributed by atoms with Gasteiger partial charge in [-0.05, 0) is 50.0 Å². The molecule has 0 bridgehead atoms. The molecule has 0 aliphatic carbocycles. The van der Waals surface area contributed by atoms with Crippen molar-refractivity contribution in [3.05, 3.63) is 29.3 Å². The molecule has 18 heavy (non-hydrogen) atoms. The van der Waals surface area contributed by atoms with Gasteiger partial charge in [0.25, 0.3) is 0 Å². The molecular formula is C14H22N2S2. The van der Waals surface area contributed by atoms with Gasteiger partial charge >= 0.3 is 0 Å². The Labute approximate surface area is 120 Å². The normalized spacial score (nSPS) is 12.2. The number of hydrogen-bond donors (Lipinski definition) is 1. The largest absolute Gasteiger partial charge is 0.389 e. The number of benzene rings is 1. The topological polar surface area (TPSA) is 29.3 Å².